The summed E-state index contributed by atoms with van der Waals surface area (Å²) < 4.78 is 0. The molecular weight excluding hydrogens is 731 g/mol. The van der Waals surface area contributed by atoms with Crippen LogP contribution in [0.25, 0.3) is 43.8 Å². The summed E-state index contributed by atoms with van der Waals surface area (Å²) >= 11 is -0.826. The Hall–Kier alpha value is -2.22. The molecule has 0 fully saturated rings. The fourth-order valence-corrected chi connectivity index (χ4v) is 6.44. The number of hydrogen-bond donors (Lipinski definition) is 0. The predicted octanol–water partition coefficient (Wildman–Crippen LogP) is 14.9. The van der Waals surface area contributed by atoms with E-state index in [1.54, 1.807) is 0 Å². The van der Waals surface area contributed by atoms with Gasteiger partial charge in [0, 0.05) is 9.52 Å². The quantitative estimate of drug-likeness (QED) is 0.121. The van der Waals surface area contributed by atoms with Crippen molar-refractivity contribution in [3.63, 3.8) is 0 Å². The van der Waals surface area contributed by atoms with Crippen molar-refractivity contribution < 1.29 is 20.8 Å². The molecule has 0 aromatic heterocycles. The van der Waals surface area contributed by atoms with Gasteiger partial charge in [-0.05, 0) is 39.5 Å². The van der Waals surface area contributed by atoms with E-state index in [0.29, 0.717) is 0 Å². The van der Waals surface area contributed by atoms with Crippen LogP contribution < -0.4 is 0 Å². The molecule has 0 aliphatic heterocycles. The molecule has 0 aliphatic rings. The van der Waals surface area contributed by atoms with Gasteiger partial charge in [-0.25, -0.2) is 0 Å². The zero-order valence-corrected chi connectivity index (χ0v) is 36.2. The molecule has 0 nitrogen and oxygen atoms in total. The van der Waals surface area contributed by atoms with Gasteiger partial charge in [0.05, 0.1) is 0 Å². The summed E-state index contributed by atoms with van der Waals surface area (Å²) in [6, 6.07) is 43.1. The first-order chi connectivity index (χ1) is 23.3. The van der Waals surface area contributed by atoms with Crippen molar-refractivity contribution in [3.8, 4) is 22.3 Å². The van der Waals surface area contributed by atoms with E-state index in [1.807, 2.05) is 0 Å². The maximum atomic E-state index is 4.93. The third-order valence-corrected chi connectivity index (χ3v) is 9.74. The minimum absolute atomic E-state index is 0.209. The van der Waals surface area contributed by atoms with Crippen molar-refractivity contribution in [2.24, 2.45) is 0 Å². The SMILES string of the molecule is CC[Si]CC.CCc1cc2c(-c3ccc(C(C)(C)C)cc3)cccc2[cH-]1.Cc1cc2c(-c3ccc(C(C)(C)C)cc3)cccc2[cH-]1.[Cl][Zr+2][Cl]. The van der Waals surface area contributed by atoms with E-state index in [-0.39, 0.29) is 10.8 Å². The molecule has 0 heterocycles. The second-order valence-electron chi connectivity index (χ2n) is 14.6. The van der Waals surface area contributed by atoms with Crippen LogP contribution in [0.4, 0.5) is 0 Å². The zero-order chi connectivity index (χ0) is 36.2. The first-order valence-electron chi connectivity index (χ1n) is 17.5. The average molecular weight is 785 g/mol. The number of hydrogen-bond acceptors (Lipinski definition) is 0. The van der Waals surface area contributed by atoms with Gasteiger partial charge in [0.15, 0.2) is 0 Å². The summed E-state index contributed by atoms with van der Waals surface area (Å²) in [7, 11) is 11.1. The van der Waals surface area contributed by atoms with Crippen LogP contribution in [0, 0.1) is 6.92 Å². The van der Waals surface area contributed by atoms with Gasteiger partial charge in [-0.15, -0.1) is 69.1 Å². The summed E-state index contributed by atoms with van der Waals surface area (Å²) in [4.78, 5) is 0. The Morgan fingerprint density at radius 2 is 1.00 bits per heavy atom. The number of rotatable bonds is 5. The van der Waals surface area contributed by atoms with Gasteiger partial charge in [-0.3, -0.25) is 0 Å². The third-order valence-electron chi connectivity index (χ3n) is 8.74. The molecule has 256 valence electrons. The Balaban J connectivity index is 0.000000219. The zero-order valence-electron chi connectivity index (χ0n) is 31.3. The Morgan fingerprint density at radius 3 is 1.37 bits per heavy atom. The predicted molar refractivity (Wildman–Crippen MR) is 220 cm³/mol. The standard InChI is InChI=1S/C21H23.C20H21.C4H10Si.2ClH.Zr/c1-5-15-13-17-7-6-8-19(20(17)14-15)16-9-11-18(12-10-16)21(2,3)4;1-14-12-16-6-5-7-18(19(16)13-14)15-8-10-17(11-9-15)20(2,3)4;1-3-5-4-2;;;/h6-14H,5H2,1-4H3;5-13H,1-4H3;3-4H2,1-2H3;2*1H;/q2*-1;;;;+4/p-2. The van der Waals surface area contributed by atoms with Crippen molar-refractivity contribution in [3.05, 3.63) is 131 Å². The van der Waals surface area contributed by atoms with Crippen LogP contribution >= 0.6 is 17.0 Å². The summed E-state index contributed by atoms with van der Waals surface area (Å²) in [5.41, 5.74) is 11.2. The molecule has 6 aromatic rings. The van der Waals surface area contributed by atoms with Crippen molar-refractivity contribution >= 4 is 48.1 Å². The van der Waals surface area contributed by atoms with Crippen molar-refractivity contribution in [1.82, 2.24) is 0 Å². The van der Waals surface area contributed by atoms with Gasteiger partial charge in [-0.1, -0.05) is 153 Å². The molecule has 0 saturated heterocycles. The fraction of sp³-hybridized carbons (Fsp3) is 0.333. The second-order valence-corrected chi connectivity index (χ2v) is 20.2. The Morgan fingerprint density at radius 1 is 0.592 bits per heavy atom. The first-order valence-corrected chi connectivity index (χ1v) is 25.2. The summed E-state index contributed by atoms with van der Waals surface area (Å²) in [6.45, 7) is 22.4. The van der Waals surface area contributed by atoms with Gasteiger partial charge < -0.3 is 0 Å². The van der Waals surface area contributed by atoms with E-state index in [4.69, 9.17) is 17.0 Å². The van der Waals surface area contributed by atoms with Crippen LogP contribution in [0.3, 0.4) is 0 Å². The van der Waals surface area contributed by atoms with Crippen LogP contribution in [-0.2, 0) is 38.1 Å². The van der Waals surface area contributed by atoms with Crippen LogP contribution in [0.15, 0.2) is 109 Å². The average Bonchev–Trinajstić information content (AvgIpc) is 3.68. The Bertz CT molecular complexity index is 1840. The van der Waals surface area contributed by atoms with E-state index < -0.39 is 20.8 Å². The number of aryl methyl sites for hydroxylation is 2. The molecule has 0 saturated carbocycles. The van der Waals surface area contributed by atoms with Crippen LogP contribution in [0.5, 0.6) is 0 Å². The Kier molecular flexibility index (Phi) is 16.3. The van der Waals surface area contributed by atoms with E-state index in [0.717, 1.165) is 6.42 Å². The molecule has 0 aliphatic carbocycles. The van der Waals surface area contributed by atoms with Gasteiger partial charge in [-0.2, -0.15) is 12.1 Å². The number of benzene rings is 4. The molecule has 49 heavy (non-hydrogen) atoms. The molecule has 0 amide bonds. The van der Waals surface area contributed by atoms with Gasteiger partial charge in [0.1, 0.15) is 0 Å². The van der Waals surface area contributed by atoms with Gasteiger partial charge in [0.2, 0.25) is 0 Å². The molecule has 6 aromatic carbocycles. The molecule has 0 N–H and O–H groups in total. The Labute approximate surface area is 318 Å². The van der Waals surface area contributed by atoms with E-state index >= 15 is 0 Å². The van der Waals surface area contributed by atoms with Gasteiger partial charge >= 0.3 is 37.9 Å². The van der Waals surface area contributed by atoms with Crippen molar-refractivity contribution in [2.45, 2.75) is 98.6 Å². The van der Waals surface area contributed by atoms with Crippen LogP contribution in [0.1, 0.15) is 84.6 Å². The molecule has 2 radical (unpaired) electrons. The first kappa shape index (κ1) is 41.2. The molecule has 0 atom stereocenters. The molecule has 0 unspecified atom stereocenters. The molecule has 4 heteroatoms. The summed E-state index contributed by atoms with van der Waals surface area (Å²) in [6.07, 6.45) is 1.09. The number of fused-ring (bicyclic) bond motifs is 2. The van der Waals surface area contributed by atoms with Crippen molar-refractivity contribution in [1.29, 1.82) is 0 Å². The normalized spacial score (nSPS) is 11.1. The van der Waals surface area contributed by atoms with Gasteiger partial charge in [0.25, 0.3) is 0 Å². The third kappa shape index (κ3) is 11.9. The van der Waals surface area contributed by atoms with Crippen LogP contribution in [-0.4, -0.2) is 9.52 Å². The van der Waals surface area contributed by atoms with Crippen LogP contribution in [0.2, 0.25) is 12.1 Å². The maximum absolute atomic E-state index is 4.93. The van der Waals surface area contributed by atoms with E-state index in [9.17, 15) is 0 Å². The topological polar surface area (TPSA) is 0 Å². The minimum atomic E-state index is -0.826. The second kappa shape index (κ2) is 19.4. The summed E-state index contributed by atoms with van der Waals surface area (Å²) in [5, 5.41) is 5.41. The molecule has 6 rings (SSSR count). The monoisotopic (exact) mass is 782 g/mol. The molecular formula is C45H54Cl2SiZr. The molecule has 0 bridgehead atoms. The van der Waals surface area contributed by atoms with E-state index in [1.165, 1.54) is 87.7 Å². The van der Waals surface area contributed by atoms with E-state index in [2.05, 4.69) is 178 Å². The molecule has 0 spiro atoms. The summed E-state index contributed by atoms with van der Waals surface area (Å²) in [5.74, 6) is 0. The fourth-order valence-electron chi connectivity index (χ4n) is 5.94. The van der Waals surface area contributed by atoms with Crippen molar-refractivity contribution in [2.75, 3.05) is 0 Å². The number of halogens is 2.